The normalized spacial score (nSPS) is 11.9. The number of carbonyl (C=O) groups excluding carboxylic acids is 2. The summed E-state index contributed by atoms with van der Waals surface area (Å²) in [5.41, 5.74) is 0.0250. The van der Waals surface area contributed by atoms with Crippen molar-refractivity contribution in [3.05, 3.63) is 33.3 Å². The van der Waals surface area contributed by atoms with Gasteiger partial charge in [0.1, 0.15) is 0 Å². The van der Waals surface area contributed by atoms with Crippen LogP contribution >= 0.6 is 11.6 Å². The molecule has 0 spiro atoms. The lowest BCUT2D eigenvalue weighted by atomic mass is 10.2. The van der Waals surface area contributed by atoms with Crippen molar-refractivity contribution in [2.75, 3.05) is 5.32 Å². The summed E-state index contributed by atoms with van der Waals surface area (Å²) in [6.07, 6.45) is -0.994. The van der Waals surface area contributed by atoms with E-state index in [1.807, 2.05) is 0 Å². The third-order valence-corrected chi connectivity index (χ3v) is 2.87. The summed E-state index contributed by atoms with van der Waals surface area (Å²) >= 11 is 5.85. The Morgan fingerprint density at radius 1 is 1.33 bits per heavy atom. The second-order valence-corrected chi connectivity index (χ2v) is 5.05. The summed E-state index contributed by atoms with van der Waals surface area (Å²) in [7, 11) is 0. The van der Waals surface area contributed by atoms with E-state index in [4.69, 9.17) is 16.3 Å². The first-order valence-electron chi connectivity index (χ1n) is 6.17. The summed E-state index contributed by atoms with van der Waals surface area (Å²) in [6.45, 7) is 4.73. The quantitative estimate of drug-likeness (QED) is 0.512. The van der Waals surface area contributed by atoms with E-state index in [0.29, 0.717) is 0 Å². The fourth-order valence-corrected chi connectivity index (χ4v) is 1.54. The molecule has 21 heavy (non-hydrogen) atoms. The molecule has 1 aromatic carbocycles. The summed E-state index contributed by atoms with van der Waals surface area (Å²) in [5, 5.41) is 13.1. The van der Waals surface area contributed by atoms with Crippen LogP contribution in [0.5, 0.6) is 0 Å². The number of esters is 1. The van der Waals surface area contributed by atoms with E-state index < -0.39 is 22.9 Å². The number of nitro groups is 1. The molecule has 1 aromatic rings. The zero-order valence-corrected chi connectivity index (χ0v) is 12.5. The molecule has 0 heterocycles. The fraction of sp³-hybridized carbons (Fsp3) is 0.385. The van der Waals surface area contributed by atoms with Crippen LogP contribution in [-0.2, 0) is 14.3 Å². The highest BCUT2D eigenvalue weighted by Crippen LogP contribution is 2.26. The number of nitrogens with one attached hydrogen (secondary N) is 1. The van der Waals surface area contributed by atoms with Crippen molar-refractivity contribution in [1.82, 2.24) is 0 Å². The van der Waals surface area contributed by atoms with E-state index in [2.05, 4.69) is 5.32 Å². The second-order valence-electron chi connectivity index (χ2n) is 4.64. The molecule has 7 nitrogen and oxygen atoms in total. The van der Waals surface area contributed by atoms with Gasteiger partial charge in [-0.15, -0.1) is 0 Å². The van der Waals surface area contributed by atoms with Gasteiger partial charge in [0.05, 0.1) is 21.6 Å². The lowest BCUT2D eigenvalue weighted by Gasteiger charge is -2.15. The van der Waals surface area contributed by atoms with Crippen molar-refractivity contribution >= 4 is 34.9 Å². The van der Waals surface area contributed by atoms with Gasteiger partial charge in [-0.2, -0.15) is 0 Å². The molecule has 0 fully saturated rings. The van der Waals surface area contributed by atoms with Gasteiger partial charge in [0.2, 0.25) is 0 Å². The van der Waals surface area contributed by atoms with Crippen molar-refractivity contribution < 1.29 is 19.2 Å². The van der Waals surface area contributed by atoms with Crippen LogP contribution in [0.1, 0.15) is 20.8 Å². The largest absolute Gasteiger partial charge is 0.452 e. The Bertz CT molecular complexity index is 574. The lowest BCUT2D eigenvalue weighted by molar-refractivity contribution is -0.384. The van der Waals surface area contributed by atoms with Crippen molar-refractivity contribution in [3.63, 3.8) is 0 Å². The van der Waals surface area contributed by atoms with Crippen LogP contribution in [0, 0.1) is 16.0 Å². The number of hydrogen-bond donors (Lipinski definition) is 1. The number of rotatable bonds is 5. The van der Waals surface area contributed by atoms with Crippen molar-refractivity contribution in [3.8, 4) is 0 Å². The first kappa shape index (κ1) is 16.9. The van der Waals surface area contributed by atoms with E-state index in [-0.39, 0.29) is 22.3 Å². The first-order valence-corrected chi connectivity index (χ1v) is 6.55. The maximum Gasteiger partial charge on any atom is 0.309 e. The van der Waals surface area contributed by atoms with Crippen molar-refractivity contribution in [2.45, 2.75) is 26.9 Å². The number of anilines is 1. The molecule has 0 bridgehead atoms. The monoisotopic (exact) mass is 314 g/mol. The van der Waals surface area contributed by atoms with Gasteiger partial charge >= 0.3 is 5.97 Å². The number of halogens is 1. The number of nitro benzene ring substituents is 1. The van der Waals surface area contributed by atoms with Crippen LogP contribution in [0.3, 0.4) is 0 Å². The number of benzene rings is 1. The number of ether oxygens (including phenoxy) is 1. The van der Waals surface area contributed by atoms with Crippen LogP contribution in [-0.4, -0.2) is 22.9 Å². The predicted octanol–water partition coefficient (Wildman–Crippen LogP) is 2.77. The minimum absolute atomic E-state index is 0.0277. The predicted molar refractivity (Wildman–Crippen MR) is 77.1 cm³/mol. The molecule has 114 valence electrons. The van der Waals surface area contributed by atoms with Gasteiger partial charge in [-0.1, -0.05) is 25.4 Å². The molecular formula is C13H15ClN2O5. The highest BCUT2D eigenvalue weighted by Gasteiger charge is 2.21. The molecule has 1 atom stereocenters. The third kappa shape index (κ3) is 4.71. The topological polar surface area (TPSA) is 98.5 Å². The second kappa shape index (κ2) is 7.03. The highest BCUT2D eigenvalue weighted by atomic mass is 35.5. The van der Waals surface area contributed by atoms with E-state index in [9.17, 15) is 19.7 Å². The summed E-state index contributed by atoms with van der Waals surface area (Å²) in [4.78, 5) is 33.2. The maximum absolute atomic E-state index is 11.9. The molecule has 1 unspecified atom stereocenters. The standard InChI is InChI=1S/C13H15ClN2O5/c1-7(2)13(18)21-8(3)12(17)15-11-5-4-9(16(19)20)6-10(11)14/h4-8H,1-3H3,(H,15,17). The average molecular weight is 315 g/mol. The Hall–Kier alpha value is -2.15. The number of non-ortho nitro benzene ring substituents is 1. The van der Waals surface area contributed by atoms with Gasteiger partial charge in [0.15, 0.2) is 6.10 Å². The zero-order chi connectivity index (χ0) is 16.2. The molecule has 0 aliphatic rings. The summed E-state index contributed by atoms with van der Waals surface area (Å²) < 4.78 is 4.95. The van der Waals surface area contributed by atoms with Gasteiger partial charge in [0.25, 0.3) is 11.6 Å². The van der Waals surface area contributed by atoms with Crippen LogP contribution in [0.15, 0.2) is 18.2 Å². The SMILES string of the molecule is CC(C)C(=O)OC(C)C(=O)Nc1ccc([N+](=O)[O-])cc1Cl. The Labute approximate surface area is 126 Å². The number of carbonyl (C=O) groups is 2. The molecule has 1 amide bonds. The van der Waals surface area contributed by atoms with Crippen LogP contribution in [0.25, 0.3) is 0 Å². The minimum Gasteiger partial charge on any atom is -0.452 e. The van der Waals surface area contributed by atoms with Crippen molar-refractivity contribution in [1.29, 1.82) is 0 Å². The molecule has 0 aromatic heterocycles. The Balaban J connectivity index is 2.75. The average Bonchev–Trinajstić information content (AvgIpc) is 2.40. The van der Waals surface area contributed by atoms with E-state index >= 15 is 0 Å². The first-order chi connectivity index (χ1) is 9.72. The van der Waals surface area contributed by atoms with Gasteiger partial charge in [0, 0.05) is 12.1 Å². The summed E-state index contributed by atoms with van der Waals surface area (Å²) in [5.74, 6) is -1.41. The molecule has 0 saturated heterocycles. The Morgan fingerprint density at radius 3 is 2.43 bits per heavy atom. The van der Waals surface area contributed by atoms with Gasteiger partial charge in [-0.25, -0.2) is 0 Å². The molecule has 0 aliphatic carbocycles. The minimum atomic E-state index is -0.994. The van der Waals surface area contributed by atoms with Crippen LogP contribution < -0.4 is 5.32 Å². The molecule has 1 rings (SSSR count). The Kier molecular flexibility index (Phi) is 5.66. The maximum atomic E-state index is 11.9. The van der Waals surface area contributed by atoms with E-state index in [1.54, 1.807) is 13.8 Å². The molecule has 0 saturated carbocycles. The number of hydrogen-bond acceptors (Lipinski definition) is 5. The van der Waals surface area contributed by atoms with Gasteiger partial charge in [-0.3, -0.25) is 19.7 Å². The third-order valence-electron chi connectivity index (χ3n) is 2.55. The molecule has 0 aliphatic heterocycles. The Morgan fingerprint density at radius 2 is 1.95 bits per heavy atom. The van der Waals surface area contributed by atoms with Gasteiger partial charge < -0.3 is 10.1 Å². The molecule has 1 N–H and O–H groups in total. The summed E-state index contributed by atoms with van der Waals surface area (Å²) in [6, 6.07) is 3.66. The number of nitrogens with zero attached hydrogens (tertiary/aromatic N) is 1. The molecular weight excluding hydrogens is 300 g/mol. The highest BCUT2D eigenvalue weighted by molar-refractivity contribution is 6.34. The van der Waals surface area contributed by atoms with Crippen LogP contribution in [0.2, 0.25) is 5.02 Å². The smallest absolute Gasteiger partial charge is 0.309 e. The molecule has 0 radical (unpaired) electrons. The van der Waals surface area contributed by atoms with E-state index in [1.165, 1.54) is 19.1 Å². The molecule has 8 heteroatoms. The zero-order valence-electron chi connectivity index (χ0n) is 11.8. The van der Waals surface area contributed by atoms with E-state index in [0.717, 1.165) is 6.07 Å². The van der Waals surface area contributed by atoms with Gasteiger partial charge in [-0.05, 0) is 13.0 Å². The lowest BCUT2D eigenvalue weighted by Crippen LogP contribution is -2.31. The number of amides is 1. The fourth-order valence-electron chi connectivity index (χ4n) is 1.32. The van der Waals surface area contributed by atoms with Crippen LogP contribution in [0.4, 0.5) is 11.4 Å². The van der Waals surface area contributed by atoms with Crippen molar-refractivity contribution in [2.24, 2.45) is 5.92 Å².